The van der Waals surface area contributed by atoms with E-state index in [1.807, 2.05) is 0 Å². The molecule has 2 N–H and O–H groups in total. The highest BCUT2D eigenvalue weighted by atomic mass is 19.4. The maximum atomic E-state index is 14.5. The smallest absolute Gasteiger partial charge is 0.377 e. The number of hydrogen-bond donors (Lipinski definition) is 2. The molecule has 46 heavy (non-hydrogen) atoms. The number of H-pyrrole nitrogens is 1. The van der Waals surface area contributed by atoms with Crippen LogP contribution in [0.2, 0.25) is 0 Å². The highest BCUT2D eigenvalue weighted by Crippen LogP contribution is 2.41. The van der Waals surface area contributed by atoms with Gasteiger partial charge in [-0.15, -0.1) is 0 Å². The average Bonchev–Trinajstić information content (AvgIpc) is 3.72. The molecule has 10 nitrogen and oxygen atoms in total. The number of para-hydroxylation sites is 1. The molecule has 2 atom stereocenters. The Morgan fingerprint density at radius 3 is 2.54 bits per heavy atom. The van der Waals surface area contributed by atoms with Crippen LogP contribution in [0.1, 0.15) is 51.1 Å². The number of ether oxygens (including phenoxy) is 1. The minimum Gasteiger partial charge on any atom is -0.377 e. The van der Waals surface area contributed by atoms with Crippen LogP contribution in [0.3, 0.4) is 0 Å². The molecular formula is C32H32F4N6O4. The molecule has 0 aliphatic carbocycles. The van der Waals surface area contributed by atoms with Crippen molar-refractivity contribution in [3.05, 3.63) is 74.8 Å². The first-order valence-electron chi connectivity index (χ1n) is 15.2. The van der Waals surface area contributed by atoms with Gasteiger partial charge in [-0.05, 0) is 37.5 Å². The van der Waals surface area contributed by atoms with Gasteiger partial charge < -0.3 is 24.8 Å². The van der Waals surface area contributed by atoms with Crippen LogP contribution < -0.4 is 15.8 Å². The maximum absolute atomic E-state index is 14.5. The minimum atomic E-state index is -4.87. The Morgan fingerprint density at radius 2 is 1.85 bits per heavy atom. The predicted molar refractivity (Wildman–Crippen MR) is 160 cm³/mol. The van der Waals surface area contributed by atoms with E-state index in [9.17, 15) is 37.2 Å². The Morgan fingerprint density at radius 1 is 1.07 bits per heavy atom. The van der Waals surface area contributed by atoms with Crippen LogP contribution in [-0.2, 0) is 10.9 Å². The quantitative estimate of drug-likeness (QED) is 0.396. The number of aromatic amines is 1. The Hall–Kier alpha value is -4.48. The van der Waals surface area contributed by atoms with Crippen LogP contribution in [0, 0.1) is 17.1 Å². The van der Waals surface area contributed by atoms with Gasteiger partial charge in [-0.2, -0.15) is 18.4 Å². The van der Waals surface area contributed by atoms with Gasteiger partial charge in [-0.25, -0.2) is 4.39 Å². The van der Waals surface area contributed by atoms with Crippen molar-refractivity contribution in [3.8, 4) is 6.07 Å². The summed E-state index contributed by atoms with van der Waals surface area (Å²) in [6, 6.07) is 8.14. The molecule has 6 rings (SSSR count). The summed E-state index contributed by atoms with van der Waals surface area (Å²) >= 11 is 0. The topological polar surface area (TPSA) is 122 Å². The van der Waals surface area contributed by atoms with Crippen molar-refractivity contribution in [2.75, 3.05) is 57.3 Å². The number of nitrogens with one attached hydrogen (secondary N) is 2. The lowest BCUT2D eigenvalue weighted by Gasteiger charge is -2.36. The molecule has 0 saturated carbocycles. The van der Waals surface area contributed by atoms with Crippen LogP contribution in [0.15, 0.2) is 41.2 Å². The van der Waals surface area contributed by atoms with Crippen molar-refractivity contribution >= 4 is 28.4 Å². The molecule has 3 aromatic rings. The third-order valence-corrected chi connectivity index (χ3v) is 8.83. The average molecular weight is 641 g/mol. The largest absolute Gasteiger partial charge is 0.418 e. The summed E-state index contributed by atoms with van der Waals surface area (Å²) < 4.78 is 63.5. The maximum Gasteiger partial charge on any atom is 0.418 e. The molecule has 0 bridgehead atoms. The van der Waals surface area contributed by atoms with Crippen molar-refractivity contribution in [2.24, 2.45) is 0 Å². The Labute approximate surface area is 261 Å². The second kappa shape index (κ2) is 12.7. The van der Waals surface area contributed by atoms with E-state index in [2.05, 4.69) is 15.2 Å². The number of pyridine rings is 1. The molecule has 242 valence electrons. The van der Waals surface area contributed by atoms with E-state index in [0.29, 0.717) is 26.2 Å². The van der Waals surface area contributed by atoms with Gasteiger partial charge in [0.1, 0.15) is 5.82 Å². The normalized spacial score (nSPS) is 20.7. The van der Waals surface area contributed by atoms with Gasteiger partial charge in [-0.3, -0.25) is 19.3 Å². The third-order valence-electron chi connectivity index (χ3n) is 8.83. The van der Waals surface area contributed by atoms with E-state index in [1.165, 1.54) is 28.0 Å². The van der Waals surface area contributed by atoms with E-state index >= 15 is 0 Å². The van der Waals surface area contributed by atoms with Gasteiger partial charge in [0.15, 0.2) is 0 Å². The Kier molecular flexibility index (Phi) is 8.71. The summed E-state index contributed by atoms with van der Waals surface area (Å²) in [5, 5.41) is 12.5. The van der Waals surface area contributed by atoms with Crippen molar-refractivity contribution in [3.63, 3.8) is 0 Å². The summed E-state index contributed by atoms with van der Waals surface area (Å²) in [5.41, 5.74) is -2.82. The highest BCUT2D eigenvalue weighted by Gasteiger charge is 2.41. The number of aromatic nitrogens is 1. The number of halogens is 4. The molecule has 3 fully saturated rings. The summed E-state index contributed by atoms with van der Waals surface area (Å²) in [5.74, 6) is -1.99. The molecule has 2 amide bonds. The van der Waals surface area contributed by atoms with Crippen LogP contribution >= 0.6 is 0 Å². The van der Waals surface area contributed by atoms with E-state index in [0.717, 1.165) is 44.2 Å². The first-order chi connectivity index (χ1) is 22.0. The number of fused-ring (bicyclic) bond motifs is 1. The summed E-state index contributed by atoms with van der Waals surface area (Å²) in [6.07, 6.45) is -2.51. The van der Waals surface area contributed by atoms with Crippen LogP contribution in [0.4, 0.5) is 23.2 Å². The number of hydrogen-bond acceptors (Lipinski definition) is 7. The molecule has 0 spiro atoms. The molecular weight excluding hydrogens is 608 g/mol. The first kappa shape index (κ1) is 31.5. The molecule has 3 aliphatic heterocycles. The number of alkyl halides is 3. The Bertz CT molecular complexity index is 1760. The van der Waals surface area contributed by atoms with Crippen LogP contribution in [0.25, 0.3) is 10.9 Å². The number of rotatable bonds is 6. The Balaban J connectivity index is 1.24. The van der Waals surface area contributed by atoms with Gasteiger partial charge in [0, 0.05) is 69.9 Å². The molecule has 14 heteroatoms. The first-order valence-corrected chi connectivity index (χ1v) is 15.2. The number of amides is 2. The fraction of sp³-hybridized carbons (Fsp3) is 0.438. The summed E-state index contributed by atoms with van der Waals surface area (Å²) in [7, 11) is 0. The van der Waals surface area contributed by atoms with Gasteiger partial charge in [0.2, 0.25) is 5.56 Å². The standard InChI is InChI=1S/C32H32F4N6O4/c33-26-5-1-4-22-23(15-27(43)39-28(22)26)30(44)38-20-6-7-42(17-20)29-24(13-19(16-37)14-25(29)32(34,35)36)31(45)41-10-8-40(9-11-41)18-21-3-2-12-46-21/h1,4-5,13-15,20-21H,2-3,6-12,17-18H2,(H,38,44)(H,39,43)/t20-,21?/m1/s1. The number of nitriles is 1. The summed E-state index contributed by atoms with van der Waals surface area (Å²) in [6.45, 7) is 3.20. The molecule has 1 unspecified atom stereocenters. The van der Waals surface area contributed by atoms with E-state index in [-0.39, 0.29) is 58.9 Å². The number of benzene rings is 2. The van der Waals surface area contributed by atoms with E-state index in [4.69, 9.17) is 4.74 Å². The van der Waals surface area contributed by atoms with Gasteiger partial charge in [-0.1, -0.05) is 12.1 Å². The van der Waals surface area contributed by atoms with Crippen molar-refractivity contribution in [1.29, 1.82) is 5.26 Å². The fourth-order valence-corrected chi connectivity index (χ4v) is 6.57. The second-order valence-electron chi connectivity index (χ2n) is 11.9. The number of piperazine rings is 1. The van der Waals surface area contributed by atoms with Crippen LogP contribution in [-0.4, -0.2) is 91.2 Å². The fourth-order valence-electron chi connectivity index (χ4n) is 6.57. The number of anilines is 1. The van der Waals surface area contributed by atoms with Gasteiger partial charge in [0.25, 0.3) is 11.8 Å². The van der Waals surface area contributed by atoms with Crippen molar-refractivity contribution < 1.29 is 31.9 Å². The zero-order valence-electron chi connectivity index (χ0n) is 24.8. The lowest BCUT2D eigenvalue weighted by Crippen LogP contribution is -2.50. The third kappa shape index (κ3) is 6.43. The molecule has 3 aliphatic rings. The molecule has 3 saturated heterocycles. The number of carbonyl (C=O) groups excluding carboxylic acids is 2. The molecule has 0 radical (unpaired) electrons. The van der Waals surface area contributed by atoms with Crippen LogP contribution in [0.5, 0.6) is 0 Å². The molecule has 1 aromatic heterocycles. The summed E-state index contributed by atoms with van der Waals surface area (Å²) in [4.78, 5) is 46.7. The van der Waals surface area contributed by atoms with Crippen molar-refractivity contribution in [1.82, 2.24) is 20.1 Å². The number of carbonyl (C=O) groups is 2. The SMILES string of the molecule is N#Cc1cc(C(=O)N2CCN(CC3CCCO3)CC2)c(N2CC[C@@H](NC(=O)c3cc(=O)[nH]c4c(F)cccc34)C2)c(C(F)(F)F)c1. The zero-order valence-corrected chi connectivity index (χ0v) is 24.8. The highest BCUT2D eigenvalue weighted by molar-refractivity contribution is 6.06. The second-order valence-corrected chi connectivity index (χ2v) is 11.9. The lowest BCUT2D eigenvalue weighted by atomic mass is 9.99. The minimum absolute atomic E-state index is 0.0638. The predicted octanol–water partition coefficient (Wildman–Crippen LogP) is 3.50. The van der Waals surface area contributed by atoms with Gasteiger partial charge >= 0.3 is 6.18 Å². The number of nitrogens with zero attached hydrogens (tertiary/aromatic N) is 4. The monoisotopic (exact) mass is 640 g/mol. The van der Waals surface area contributed by atoms with E-state index < -0.39 is 41.0 Å². The van der Waals surface area contributed by atoms with Gasteiger partial charge in [0.05, 0.1) is 45.6 Å². The van der Waals surface area contributed by atoms with E-state index in [1.54, 1.807) is 6.07 Å². The zero-order chi connectivity index (χ0) is 32.6. The molecule has 2 aromatic carbocycles. The van der Waals surface area contributed by atoms with Crippen molar-refractivity contribution in [2.45, 2.75) is 37.6 Å². The molecule has 4 heterocycles. The lowest BCUT2D eigenvalue weighted by molar-refractivity contribution is -0.137.